The highest BCUT2D eigenvalue weighted by molar-refractivity contribution is 4.90. The van der Waals surface area contributed by atoms with Crippen molar-refractivity contribution in [2.75, 3.05) is 13.3 Å². The summed E-state index contributed by atoms with van der Waals surface area (Å²) < 4.78 is 5.60. The third-order valence-electron chi connectivity index (χ3n) is 3.10. The highest BCUT2D eigenvalue weighted by Crippen LogP contribution is 2.36. The summed E-state index contributed by atoms with van der Waals surface area (Å²) in [6.45, 7) is 6.36. The molecule has 0 spiro atoms. The van der Waals surface area contributed by atoms with Crippen LogP contribution in [0.5, 0.6) is 0 Å². The fraction of sp³-hybridized carbons (Fsp3) is 1.00. The van der Waals surface area contributed by atoms with Gasteiger partial charge in [0.05, 0.1) is 12.8 Å². The van der Waals surface area contributed by atoms with E-state index in [0.29, 0.717) is 6.10 Å². The second-order valence-electron chi connectivity index (χ2n) is 4.45. The van der Waals surface area contributed by atoms with Crippen LogP contribution in [0.4, 0.5) is 0 Å². The number of likely N-dealkylation sites (tertiary alicyclic amines) is 1. The lowest BCUT2D eigenvalue weighted by Crippen LogP contribution is -2.34. The summed E-state index contributed by atoms with van der Waals surface area (Å²) in [4.78, 5) is 2.51. The van der Waals surface area contributed by atoms with Gasteiger partial charge in [-0.05, 0) is 39.0 Å². The highest BCUT2D eigenvalue weighted by atomic mass is 16.5. The van der Waals surface area contributed by atoms with Crippen molar-refractivity contribution in [2.45, 2.75) is 45.3 Å². The summed E-state index contributed by atoms with van der Waals surface area (Å²) in [5.74, 6) is 0.991. The summed E-state index contributed by atoms with van der Waals surface area (Å²) in [5.41, 5.74) is 0. The smallest absolute Gasteiger partial charge is 0.0996 e. The fourth-order valence-corrected chi connectivity index (χ4v) is 2.43. The second-order valence-corrected chi connectivity index (χ2v) is 4.45. The molecule has 2 atom stereocenters. The lowest BCUT2D eigenvalue weighted by molar-refractivity contribution is -0.0191. The molecular weight excluding hydrogens is 150 g/mol. The first-order chi connectivity index (χ1) is 5.75. The van der Waals surface area contributed by atoms with Crippen molar-refractivity contribution in [3.8, 4) is 0 Å². The molecule has 0 aromatic rings. The monoisotopic (exact) mass is 169 g/mol. The highest BCUT2D eigenvalue weighted by Gasteiger charge is 2.37. The van der Waals surface area contributed by atoms with E-state index >= 15 is 0 Å². The van der Waals surface area contributed by atoms with Crippen LogP contribution in [0.2, 0.25) is 0 Å². The minimum atomic E-state index is 0.379. The summed E-state index contributed by atoms with van der Waals surface area (Å²) in [5, 5.41) is 0. The summed E-state index contributed by atoms with van der Waals surface area (Å²) >= 11 is 0. The molecular formula is C10H19NO. The molecule has 0 aromatic carbocycles. The van der Waals surface area contributed by atoms with E-state index in [1.807, 2.05) is 0 Å². The molecule has 2 aliphatic rings. The van der Waals surface area contributed by atoms with E-state index in [2.05, 4.69) is 18.7 Å². The van der Waals surface area contributed by atoms with Gasteiger partial charge in [-0.1, -0.05) is 0 Å². The molecule has 70 valence electrons. The van der Waals surface area contributed by atoms with E-state index in [0.717, 1.165) is 18.7 Å². The Balaban J connectivity index is 1.76. The fourth-order valence-electron chi connectivity index (χ4n) is 2.43. The van der Waals surface area contributed by atoms with Gasteiger partial charge in [-0.15, -0.1) is 0 Å². The topological polar surface area (TPSA) is 12.5 Å². The zero-order valence-electron chi connectivity index (χ0n) is 8.12. The van der Waals surface area contributed by atoms with Crippen LogP contribution in [-0.2, 0) is 4.74 Å². The lowest BCUT2D eigenvalue weighted by Gasteiger charge is -2.27. The van der Waals surface area contributed by atoms with Crippen molar-refractivity contribution >= 4 is 0 Å². The van der Waals surface area contributed by atoms with Gasteiger partial charge in [0.2, 0.25) is 0 Å². The SMILES string of the molecule is CC(C)OCN1CC2CCC1C2. The molecule has 1 heterocycles. The standard InChI is InChI=1S/C10H19NO/c1-8(2)12-7-11-6-9-3-4-10(11)5-9/h8-10H,3-7H2,1-2H3. The van der Waals surface area contributed by atoms with Gasteiger partial charge in [0.25, 0.3) is 0 Å². The molecule has 1 aliphatic heterocycles. The number of hydrogen-bond acceptors (Lipinski definition) is 2. The van der Waals surface area contributed by atoms with Crippen LogP contribution in [0.25, 0.3) is 0 Å². The Kier molecular flexibility index (Phi) is 2.37. The average molecular weight is 169 g/mol. The van der Waals surface area contributed by atoms with Crippen molar-refractivity contribution in [1.82, 2.24) is 4.90 Å². The van der Waals surface area contributed by atoms with Crippen LogP contribution >= 0.6 is 0 Å². The normalized spacial score (nSPS) is 35.2. The average Bonchev–Trinajstić information content (AvgIpc) is 2.60. The van der Waals surface area contributed by atoms with Gasteiger partial charge < -0.3 is 4.74 Å². The Labute approximate surface area is 74.9 Å². The minimum absolute atomic E-state index is 0.379. The van der Waals surface area contributed by atoms with Crippen LogP contribution < -0.4 is 0 Å². The number of fused-ring (bicyclic) bond motifs is 2. The Morgan fingerprint density at radius 1 is 1.42 bits per heavy atom. The van der Waals surface area contributed by atoms with Crippen LogP contribution in [0.1, 0.15) is 33.1 Å². The van der Waals surface area contributed by atoms with Gasteiger partial charge in [0.15, 0.2) is 0 Å². The van der Waals surface area contributed by atoms with E-state index in [1.54, 1.807) is 0 Å². The Hall–Kier alpha value is -0.0800. The molecule has 12 heavy (non-hydrogen) atoms. The molecule has 0 N–H and O–H groups in total. The van der Waals surface area contributed by atoms with Crippen LogP contribution in [0.3, 0.4) is 0 Å². The second kappa shape index (κ2) is 3.35. The van der Waals surface area contributed by atoms with Gasteiger partial charge in [-0.2, -0.15) is 0 Å². The van der Waals surface area contributed by atoms with Crippen molar-refractivity contribution < 1.29 is 4.74 Å². The summed E-state index contributed by atoms with van der Waals surface area (Å²) in [6.07, 6.45) is 4.68. The largest absolute Gasteiger partial charge is 0.363 e. The number of ether oxygens (including phenoxy) is 1. The Morgan fingerprint density at radius 2 is 2.25 bits per heavy atom. The van der Waals surface area contributed by atoms with Gasteiger partial charge in [0, 0.05) is 12.6 Å². The van der Waals surface area contributed by atoms with Crippen LogP contribution in [-0.4, -0.2) is 30.3 Å². The van der Waals surface area contributed by atoms with E-state index in [1.165, 1.54) is 25.8 Å². The van der Waals surface area contributed by atoms with E-state index in [9.17, 15) is 0 Å². The predicted molar refractivity (Wildman–Crippen MR) is 48.9 cm³/mol. The number of rotatable bonds is 3. The molecule has 1 saturated carbocycles. The van der Waals surface area contributed by atoms with Crippen molar-refractivity contribution in [3.63, 3.8) is 0 Å². The van der Waals surface area contributed by atoms with Gasteiger partial charge >= 0.3 is 0 Å². The maximum Gasteiger partial charge on any atom is 0.0996 e. The molecule has 2 heteroatoms. The number of hydrogen-bond donors (Lipinski definition) is 0. The molecule has 2 fully saturated rings. The molecule has 1 saturated heterocycles. The minimum Gasteiger partial charge on any atom is -0.363 e. The van der Waals surface area contributed by atoms with E-state index in [4.69, 9.17) is 4.74 Å². The number of nitrogens with zero attached hydrogens (tertiary/aromatic N) is 1. The van der Waals surface area contributed by atoms with Crippen LogP contribution in [0.15, 0.2) is 0 Å². The molecule has 2 bridgehead atoms. The quantitative estimate of drug-likeness (QED) is 0.639. The molecule has 0 aromatic heterocycles. The third kappa shape index (κ3) is 1.64. The van der Waals surface area contributed by atoms with Gasteiger partial charge in [-0.3, -0.25) is 4.90 Å². The first-order valence-electron chi connectivity index (χ1n) is 5.11. The molecule has 0 amide bonds. The predicted octanol–water partition coefficient (Wildman–Crippen LogP) is 1.85. The summed E-state index contributed by atoms with van der Waals surface area (Å²) in [7, 11) is 0. The molecule has 2 rings (SSSR count). The van der Waals surface area contributed by atoms with Crippen molar-refractivity contribution in [1.29, 1.82) is 0 Å². The summed E-state index contributed by atoms with van der Waals surface area (Å²) in [6, 6.07) is 0.855. The lowest BCUT2D eigenvalue weighted by atomic mass is 10.1. The van der Waals surface area contributed by atoms with Gasteiger partial charge in [0.1, 0.15) is 0 Å². The first kappa shape index (κ1) is 8.52. The van der Waals surface area contributed by atoms with Crippen molar-refractivity contribution in [3.05, 3.63) is 0 Å². The maximum atomic E-state index is 5.60. The van der Waals surface area contributed by atoms with Crippen LogP contribution in [0, 0.1) is 5.92 Å². The molecule has 2 nitrogen and oxygen atoms in total. The zero-order valence-corrected chi connectivity index (χ0v) is 8.12. The van der Waals surface area contributed by atoms with Crippen molar-refractivity contribution in [2.24, 2.45) is 5.92 Å². The maximum absolute atomic E-state index is 5.60. The molecule has 1 aliphatic carbocycles. The molecule has 0 radical (unpaired) electrons. The third-order valence-corrected chi connectivity index (χ3v) is 3.10. The van der Waals surface area contributed by atoms with E-state index in [-0.39, 0.29) is 0 Å². The zero-order chi connectivity index (χ0) is 8.55. The molecule has 2 unspecified atom stereocenters. The Bertz CT molecular complexity index is 158. The first-order valence-corrected chi connectivity index (χ1v) is 5.11. The van der Waals surface area contributed by atoms with Gasteiger partial charge in [-0.25, -0.2) is 0 Å². The number of piperidine rings is 1. The Morgan fingerprint density at radius 3 is 2.75 bits per heavy atom. The van der Waals surface area contributed by atoms with E-state index < -0.39 is 0 Å².